The molecule has 0 spiro atoms. The van der Waals surface area contributed by atoms with Crippen LogP contribution in [0.1, 0.15) is 25.0 Å². The summed E-state index contributed by atoms with van der Waals surface area (Å²) < 4.78 is 4.92. The Bertz CT molecular complexity index is 556. The minimum absolute atomic E-state index is 0.0860. The predicted molar refractivity (Wildman–Crippen MR) is 92.8 cm³/mol. The van der Waals surface area contributed by atoms with E-state index in [1.807, 2.05) is 43.3 Å². The molecule has 3 nitrogen and oxygen atoms in total. The summed E-state index contributed by atoms with van der Waals surface area (Å²) in [4.78, 5) is 14.2. The van der Waals surface area contributed by atoms with E-state index >= 15 is 0 Å². The summed E-state index contributed by atoms with van der Waals surface area (Å²) >= 11 is 0. The van der Waals surface area contributed by atoms with Gasteiger partial charge in [0, 0.05) is 19.1 Å². The number of carbonyl (C=O) groups is 1. The molecule has 0 bridgehead atoms. The summed E-state index contributed by atoms with van der Waals surface area (Å²) in [6.45, 7) is 5.63. The molecule has 0 heterocycles. The number of carbonyl (C=O) groups excluding carboxylic acids is 1. The molecule has 0 saturated carbocycles. The van der Waals surface area contributed by atoms with Crippen molar-refractivity contribution in [2.75, 3.05) is 7.11 Å². The van der Waals surface area contributed by atoms with E-state index in [1.54, 1.807) is 0 Å². The molecule has 0 amide bonds. The molecule has 0 aliphatic heterocycles. The molecule has 2 unspecified atom stereocenters. The van der Waals surface area contributed by atoms with Gasteiger partial charge in [-0.05, 0) is 18.1 Å². The number of benzene rings is 2. The second kappa shape index (κ2) is 8.49. The molecule has 0 aliphatic carbocycles. The molecular formula is C20H25NO2. The monoisotopic (exact) mass is 311 g/mol. The highest BCUT2D eigenvalue weighted by Gasteiger charge is 2.26. The zero-order valence-electron chi connectivity index (χ0n) is 14.1. The van der Waals surface area contributed by atoms with Crippen molar-refractivity contribution in [2.45, 2.75) is 33.0 Å². The second-order valence-corrected chi connectivity index (χ2v) is 5.93. The lowest BCUT2D eigenvalue weighted by molar-refractivity contribution is -0.147. The summed E-state index contributed by atoms with van der Waals surface area (Å²) in [5.41, 5.74) is 2.49. The van der Waals surface area contributed by atoms with E-state index in [4.69, 9.17) is 4.74 Å². The van der Waals surface area contributed by atoms with Gasteiger partial charge in [-0.25, -0.2) is 0 Å². The van der Waals surface area contributed by atoms with Crippen molar-refractivity contribution in [2.24, 2.45) is 5.92 Å². The van der Waals surface area contributed by atoms with Crippen LogP contribution in [0.25, 0.3) is 0 Å². The average Bonchev–Trinajstić information content (AvgIpc) is 2.61. The minimum Gasteiger partial charge on any atom is -0.469 e. The smallest absolute Gasteiger partial charge is 0.309 e. The van der Waals surface area contributed by atoms with Gasteiger partial charge in [0.15, 0.2) is 0 Å². The van der Waals surface area contributed by atoms with Gasteiger partial charge in [0.05, 0.1) is 13.0 Å². The molecule has 0 N–H and O–H groups in total. The number of hydrogen-bond acceptors (Lipinski definition) is 3. The fourth-order valence-corrected chi connectivity index (χ4v) is 2.68. The third kappa shape index (κ3) is 4.93. The average molecular weight is 311 g/mol. The SMILES string of the molecule is COC(=O)C(C)C(C)N(Cc1ccccc1)Cc1ccccc1. The Morgan fingerprint density at radius 1 is 0.913 bits per heavy atom. The molecule has 0 radical (unpaired) electrons. The maximum absolute atomic E-state index is 11.9. The van der Waals surface area contributed by atoms with Gasteiger partial charge < -0.3 is 4.74 Å². The third-order valence-electron chi connectivity index (χ3n) is 4.33. The predicted octanol–water partition coefficient (Wildman–Crippen LogP) is 3.89. The molecule has 2 aromatic rings. The molecule has 23 heavy (non-hydrogen) atoms. The van der Waals surface area contributed by atoms with Crippen LogP contribution in [0.15, 0.2) is 60.7 Å². The van der Waals surface area contributed by atoms with Gasteiger partial charge in [0.2, 0.25) is 0 Å². The number of ether oxygens (including phenoxy) is 1. The van der Waals surface area contributed by atoms with E-state index < -0.39 is 0 Å². The van der Waals surface area contributed by atoms with Crippen LogP contribution in [0.3, 0.4) is 0 Å². The molecule has 0 fully saturated rings. The number of hydrogen-bond donors (Lipinski definition) is 0. The standard InChI is InChI=1S/C20H25NO2/c1-16(20(22)23-3)17(2)21(14-18-10-6-4-7-11-18)15-19-12-8-5-9-13-19/h4-13,16-17H,14-15H2,1-3H3. The van der Waals surface area contributed by atoms with Crippen LogP contribution in [0.4, 0.5) is 0 Å². The first-order chi connectivity index (χ1) is 11.1. The molecule has 3 heteroatoms. The van der Waals surface area contributed by atoms with Gasteiger partial charge in [0.25, 0.3) is 0 Å². The van der Waals surface area contributed by atoms with Crippen LogP contribution in [-0.2, 0) is 22.6 Å². The summed E-state index contributed by atoms with van der Waals surface area (Å²) in [6, 6.07) is 20.8. The van der Waals surface area contributed by atoms with Gasteiger partial charge in [-0.2, -0.15) is 0 Å². The van der Waals surface area contributed by atoms with Gasteiger partial charge in [-0.3, -0.25) is 9.69 Å². The Labute approximate surface area is 138 Å². The Morgan fingerprint density at radius 3 is 1.74 bits per heavy atom. The first kappa shape index (κ1) is 17.2. The summed E-state index contributed by atoms with van der Waals surface area (Å²) in [5.74, 6) is -0.337. The van der Waals surface area contributed by atoms with Crippen LogP contribution in [0.5, 0.6) is 0 Å². The van der Waals surface area contributed by atoms with Crippen molar-refractivity contribution in [1.29, 1.82) is 0 Å². The van der Waals surface area contributed by atoms with Crippen molar-refractivity contribution in [3.05, 3.63) is 71.8 Å². The highest BCUT2D eigenvalue weighted by Crippen LogP contribution is 2.19. The summed E-state index contributed by atoms with van der Waals surface area (Å²) in [6.07, 6.45) is 0. The van der Waals surface area contributed by atoms with E-state index in [9.17, 15) is 4.79 Å². The van der Waals surface area contributed by atoms with E-state index in [0.29, 0.717) is 0 Å². The topological polar surface area (TPSA) is 29.5 Å². The fraction of sp³-hybridized carbons (Fsp3) is 0.350. The zero-order chi connectivity index (χ0) is 16.7. The second-order valence-electron chi connectivity index (χ2n) is 5.93. The van der Waals surface area contributed by atoms with Crippen LogP contribution < -0.4 is 0 Å². The van der Waals surface area contributed by atoms with Crippen LogP contribution >= 0.6 is 0 Å². The van der Waals surface area contributed by atoms with Gasteiger partial charge >= 0.3 is 5.97 Å². The molecular weight excluding hydrogens is 286 g/mol. The van der Waals surface area contributed by atoms with Crippen molar-refractivity contribution in [1.82, 2.24) is 4.90 Å². The first-order valence-electron chi connectivity index (χ1n) is 8.01. The van der Waals surface area contributed by atoms with Gasteiger partial charge in [0.1, 0.15) is 0 Å². The van der Waals surface area contributed by atoms with Crippen LogP contribution in [0.2, 0.25) is 0 Å². The quantitative estimate of drug-likeness (QED) is 0.727. The highest BCUT2D eigenvalue weighted by atomic mass is 16.5. The molecule has 122 valence electrons. The number of nitrogens with zero attached hydrogens (tertiary/aromatic N) is 1. The number of esters is 1. The Morgan fingerprint density at radius 2 is 1.35 bits per heavy atom. The van der Waals surface area contributed by atoms with Gasteiger partial charge in [-0.15, -0.1) is 0 Å². The van der Waals surface area contributed by atoms with Crippen molar-refractivity contribution >= 4 is 5.97 Å². The van der Waals surface area contributed by atoms with E-state index in [2.05, 4.69) is 36.1 Å². The fourth-order valence-electron chi connectivity index (χ4n) is 2.68. The lowest BCUT2D eigenvalue weighted by atomic mass is 10.0. The zero-order valence-corrected chi connectivity index (χ0v) is 14.1. The van der Waals surface area contributed by atoms with Crippen LogP contribution in [-0.4, -0.2) is 24.0 Å². The van der Waals surface area contributed by atoms with E-state index in [1.165, 1.54) is 18.2 Å². The van der Waals surface area contributed by atoms with E-state index in [0.717, 1.165) is 13.1 Å². The lowest BCUT2D eigenvalue weighted by Crippen LogP contribution is -2.40. The maximum atomic E-state index is 11.9. The number of methoxy groups -OCH3 is 1. The normalized spacial score (nSPS) is 13.6. The molecule has 0 aromatic heterocycles. The first-order valence-corrected chi connectivity index (χ1v) is 8.01. The van der Waals surface area contributed by atoms with Gasteiger partial charge in [-0.1, -0.05) is 67.6 Å². The molecule has 2 aromatic carbocycles. The molecule has 2 rings (SSSR count). The van der Waals surface area contributed by atoms with E-state index in [-0.39, 0.29) is 17.9 Å². The Kier molecular flexibility index (Phi) is 6.36. The largest absolute Gasteiger partial charge is 0.469 e. The molecule has 2 atom stereocenters. The summed E-state index contributed by atoms with van der Waals surface area (Å²) in [7, 11) is 1.45. The Balaban J connectivity index is 2.18. The minimum atomic E-state index is -0.174. The van der Waals surface area contributed by atoms with Crippen molar-refractivity contribution in [3.63, 3.8) is 0 Å². The van der Waals surface area contributed by atoms with Crippen molar-refractivity contribution < 1.29 is 9.53 Å². The Hall–Kier alpha value is -2.13. The highest BCUT2D eigenvalue weighted by molar-refractivity contribution is 5.72. The third-order valence-corrected chi connectivity index (χ3v) is 4.33. The molecule has 0 aliphatic rings. The number of rotatable bonds is 7. The molecule has 0 saturated heterocycles. The van der Waals surface area contributed by atoms with Crippen LogP contribution in [0, 0.1) is 5.92 Å². The lowest BCUT2D eigenvalue weighted by Gasteiger charge is -2.32. The maximum Gasteiger partial charge on any atom is 0.309 e. The van der Waals surface area contributed by atoms with Crippen molar-refractivity contribution in [3.8, 4) is 0 Å². The summed E-state index contributed by atoms with van der Waals surface area (Å²) in [5, 5.41) is 0.